The molecule has 0 saturated carbocycles. The topological polar surface area (TPSA) is 72.4 Å². The van der Waals surface area contributed by atoms with Crippen LogP contribution in [0.2, 0.25) is 0 Å². The van der Waals surface area contributed by atoms with Gasteiger partial charge in [-0.1, -0.05) is 11.3 Å². The van der Waals surface area contributed by atoms with Gasteiger partial charge in [-0.3, -0.25) is 4.79 Å². The molecule has 0 saturated heterocycles. The Labute approximate surface area is 155 Å². The fourth-order valence-electron chi connectivity index (χ4n) is 2.39. The second-order valence-electron chi connectivity index (χ2n) is 5.52. The van der Waals surface area contributed by atoms with Gasteiger partial charge in [-0.2, -0.15) is 5.10 Å². The summed E-state index contributed by atoms with van der Waals surface area (Å²) in [6.45, 7) is 3.98. The van der Waals surface area contributed by atoms with E-state index in [1.165, 1.54) is 11.3 Å². The van der Waals surface area contributed by atoms with Crippen molar-refractivity contribution in [2.24, 2.45) is 0 Å². The molecule has 4 rings (SSSR count). The fraction of sp³-hybridized carbons (Fsp3) is 0.118. The Bertz CT molecular complexity index is 1080. The van der Waals surface area contributed by atoms with Gasteiger partial charge in [0.2, 0.25) is 4.96 Å². The number of halogens is 1. The first-order valence-corrected chi connectivity index (χ1v) is 9.12. The molecular formula is C17H13BrN4O2S. The maximum Gasteiger partial charge on any atom is 0.291 e. The Morgan fingerprint density at radius 1 is 1.20 bits per heavy atom. The molecule has 0 unspecified atom stereocenters. The van der Waals surface area contributed by atoms with E-state index in [0.717, 1.165) is 26.9 Å². The van der Waals surface area contributed by atoms with Crippen molar-refractivity contribution < 1.29 is 9.21 Å². The van der Waals surface area contributed by atoms with E-state index in [1.807, 2.05) is 42.6 Å². The van der Waals surface area contributed by atoms with Crippen LogP contribution < -0.4 is 5.32 Å². The first-order chi connectivity index (χ1) is 12.0. The first kappa shape index (κ1) is 16.0. The lowest BCUT2D eigenvalue weighted by molar-refractivity contribution is 0.0995. The third-order valence-corrected chi connectivity index (χ3v) is 5.24. The zero-order chi connectivity index (χ0) is 17.6. The van der Waals surface area contributed by atoms with E-state index in [1.54, 1.807) is 12.1 Å². The van der Waals surface area contributed by atoms with E-state index in [0.29, 0.717) is 10.4 Å². The Morgan fingerprint density at radius 3 is 2.60 bits per heavy atom. The average Bonchev–Trinajstić information content (AvgIpc) is 3.27. The summed E-state index contributed by atoms with van der Waals surface area (Å²) in [5.41, 5.74) is 3.71. The number of amides is 1. The molecule has 1 N–H and O–H groups in total. The van der Waals surface area contributed by atoms with Crippen LogP contribution in [0.1, 0.15) is 21.9 Å². The molecule has 0 radical (unpaired) electrons. The average molecular weight is 417 g/mol. The van der Waals surface area contributed by atoms with E-state index in [2.05, 4.69) is 31.3 Å². The maximum atomic E-state index is 12.1. The molecule has 1 amide bonds. The normalized spacial score (nSPS) is 11.2. The smallest absolute Gasteiger partial charge is 0.291 e. The number of anilines is 1. The van der Waals surface area contributed by atoms with E-state index < -0.39 is 0 Å². The third kappa shape index (κ3) is 2.98. The van der Waals surface area contributed by atoms with Gasteiger partial charge in [0, 0.05) is 11.3 Å². The number of hydrogen-bond acceptors (Lipinski definition) is 5. The van der Waals surface area contributed by atoms with E-state index >= 15 is 0 Å². The van der Waals surface area contributed by atoms with Gasteiger partial charge in [-0.05, 0) is 66.2 Å². The molecule has 0 bridgehead atoms. The lowest BCUT2D eigenvalue weighted by Gasteiger charge is -2.03. The van der Waals surface area contributed by atoms with E-state index in [-0.39, 0.29) is 11.7 Å². The van der Waals surface area contributed by atoms with Gasteiger partial charge in [0.25, 0.3) is 5.91 Å². The lowest BCUT2D eigenvalue weighted by Crippen LogP contribution is -2.10. The van der Waals surface area contributed by atoms with Crippen molar-refractivity contribution in [1.82, 2.24) is 14.6 Å². The van der Waals surface area contributed by atoms with Crippen LogP contribution in [0.15, 0.2) is 45.5 Å². The predicted octanol–water partition coefficient (Wildman–Crippen LogP) is 4.68. The van der Waals surface area contributed by atoms with Crippen molar-refractivity contribution in [1.29, 1.82) is 0 Å². The number of benzene rings is 1. The summed E-state index contributed by atoms with van der Waals surface area (Å²) < 4.78 is 7.62. The molecular weight excluding hydrogens is 404 g/mol. The van der Waals surface area contributed by atoms with Gasteiger partial charge in [0.1, 0.15) is 5.01 Å². The van der Waals surface area contributed by atoms with Crippen LogP contribution in [0, 0.1) is 13.8 Å². The summed E-state index contributed by atoms with van der Waals surface area (Å²) in [4.78, 5) is 17.5. The van der Waals surface area contributed by atoms with Crippen LogP contribution in [0.5, 0.6) is 0 Å². The third-order valence-electron chi connectivity index (χ3n) is 3.85. The monoisotopic (exact) mass is 416 g/mol. The highest BCUT2D eigenvalue weighted by Gasteiger charge is 2.13. The number of nitrogens with one attached hydrogen (secondary N) is 1. The number of carbonyl (C=O) groups is 1. The zero-order valence-electron chi connectivity index (χ0n) is 13.4. The Morgan fingerprint density at radius 2 is 1.96 bits per heavy atom. The fourth-order valence-corrected chi connectivity index (χ4v) is 3.69. The number of rotatable bonds is 3. The second kappa shape index (κ2) is 6.12. The Kier molecular flexibility index (Phi) is 3.93. The van der Waals surface area contributed by atoms with Gasteiger partial charge >= 0.3 is 0 Å². The molecule has 6 nitrogen and oxygen atoms in total. The van der Waals surface area contributed by atoms with Crippen LogP contribution in [0.3, 0.4) is 0 Å². The van der Waals surface area contributed by atoms with Crippen LogP contribution in [-0.2, 0) is 0 Å². The summed E-state index contributed by atoms with van der Waals surface area (Å²) in [5, 5.41) is 8.30. The predicted molar refractivity (Wildman–Crippen MR) is 100 cm³/mol. The molecule has 0 spiro atoms. The van der Waals surface area contributed by atoms with Gasteiger partial charge < -0.3 is 9.73 Å². The summed E-state index contributed by atoms with van der Waals surface area (Å²) >= 11 is 4.72. The highest BCUT2D eigenvalue weighted by molar-refractivity contribution is 9.10. The molecule has 3 aromatic heterocycles. The number of hydrogen-bond donors (Lipinski definition) is 1. The highest BCUT2D eigenvalue weighted by atomic mass is 79.9. The number of aromatic nitrogens is 3. The largest absolute Gasteiger partial charge is 0.444 e. The summed E-state index contributed by atoms with van der Waals surface area (Å²) in [6, 6.07) is 10.8. The summed E-state index contributed by atoms with van der Waals surface area (Å²) in [5.74, 6) is -0.0415. The minimum Gasteiger partial charge on any atom is -0.444 e. The van der Waals surface area contributed by atoms with Crippen molar-refractivity contribution in [3.63, 3.8) is 0 Å². The zero-order valence-corrected chi connectivity index (χ0v) is 15.8. The molecule has 0 aliphatic rings. The summed E-state index contributed by atoms with van der Waals surface area (Å²) in [7, 11) is 0. The number of furan rings is 1. The van der Waals surface area contributed by atoms with E-state index in [9.17, 15) is 4.79 Å². The molecule has 4 aromatic rings. The van der Waals surface area contributed by atoms with Crippen LogP contribution in [0.25, 0.3) is 15.5 Å². The van der Waals surface area contributed by atoms with Crippen LogP contribution in [-0.4, -0.2) is 20.5 Å². The Balaban J connectivity index is 1.55. The number of fused-ring (bicyclic) bond motifs is 1. The van der Waals surface area contributed by atoms with Crippen LogP contribution in [0.4, 0.5) is 5.69 Å². The molecule has 25 heavy (non-hydrogen) atoms. The number of aryl methyl sites for hydroxylation is 2. The number of nitrogens with zero attached hydrogens (tertiary/aromatic N) is 3. The summed E-state index contributed by atoms with van der Waals surface area (Å²) in [6.07, 6.45) is 0. The molecule has 0 aliphatic carbocycles. The molecule has 0 fully saturated rings. The van der Waals surface area contributed by atoms with Gasteiger partial charge in [-0.25, -0.2) is 9.50 Å². The Hall–Kier alpha value is -2.45. The van der Waals surface area contributed by atoms with Crippen LogP contribution >= 0.6 is 27.3 Å². The molecule has 0 atom stereocenters. The minimum atomic E-state index is -0.294. The first-order valence-electron chi connectivity index (χ1n) is 7.51. The van der Waals surface area contributed by atoms with Gasteiger partial charge in [-0.15, -0.1) is 0 Å². The van der Waals surface area contributed by atoms with Crippen molar-refractivity contribution in [3.05, 3.63) is 58.2 Å². The SMILES string of the molecule is Cc1nc2sc(-c3ccc(NC(=O)c4ccc(Br)o4)cc3)nn2c1C. The lowest BCUT2D eigenvalue weighted by atomic mass is 10.2. The minimum absolute atomic E-state index is 0.253. The second-order valence-corrected chi connectivity index (χ2v) is 7.26. The highest BCUT2D eigenvalue weighted by Crippen LogP contribution is 2.28. The van der Waals surface area contributed by atoms with Gasteiger partial charge in [0.15, 0.2) is 10.4 Å². The van der Waals surface area contributed by atoms with E-state index in [4.69, 9.17) is 4.42 Å². The number of imidazole rings is 1. The quantitative estimate of drug-likeness (QED) is 0.525. The van der Waals surface area contributed by atoms with Crippen molar-refractivity contribution in [3.8, 4) is 10.6 Å². The molecule has 8 heteroatoms. The van der Waals surface area contributed by atoms with Gasteiger partial charge in [0.05, 0.1) is 11.4 Å². The molecule has 3 heterocycles. The molecule has 1 aromatic carbocycles. The van der Waals surface area contributed by atoms with Crippen molar-refractivity contribution in [2.75, 3.05) is 5.32 Å². The standard InChI is InChI=1S/C17H13BrN4O2S/c1-9-10(2)22-17(19-9)25-16(21-22)11-3-5-12(6-4-11)20-15(23)13-7-8-14(18)24-13/h3-8H,1-2H3,(H,20,23). The molecule has 126 valence electrons. The van der Waals surface area contributed by atoms with Crippen molar-refractivity contribution >= 4 is 43.8 Å². The van der Waals surface area contributed by atoms with Crippen molar-refractivity contribution in [2.45, 2.75) is 13.8 Å². The molecule has 0 aliphatic heterocycles. The maximum absolute atomic E-state index is 12.1. The number of carbonyl (C=O) groups excluding carboxylic acids is 1.